The molecule has 2 aromatic carbocycles. The number of H-pyrrole nitrogens is 1. The standard InChI is InChI=1S/C17H18N2S/c1-2-3-11-20-14-8-6-7-13(12-14)17-18-15-9-4-5-10-16(15)19-17/h4-10,12H,2-3,11H2,1H3,(H,18,19). The second-order valence-electron chi connectivity index (χ2n) is 4.83. The van der Waals surface area contributed by atoms with E-state index in [1.165, 1.54) is 23.5 Å². The lowest BCUT2D eigenvalue weighted by Crippen LogP contribution is -1.83. The monoisotopic (exact) mass is 282 g/mol. The zero-order valence-corrected chi connectivity index (χ0v) is 12.4. The summed E-state index contributed by atoms with van der Waals surface area (Å²) in [5.74, 6) is 2.13. The van der Waals surface area contributed by atoms with Gasteiger partial charge >= 0.3 is 0 Å². The third-order valence-electron chi connectivity index (χ3n) is 3.26. The fraction of sp³-hybridized carbons (Fsp3) is 0.235. The van der Waals surface area contributed by atoms with E-state index in [9.17, 15) is 0 Å². The van der Waals surface area contributed by atoms with Crippen LogP contribution in [-0.2, 0) is 0 Å². The average molecular weight is 282 g/mol. The largest absolute Gasteiger partial charge is 0.338 e. The van der Waals surface area contributed by atoms with Gasteiger partial charge in [0.2, 0.25) is 0 Å². The lowest BCUT2D eigenvalue weighted by atomic mass is 10.2. The molecule has 0 aliphatic carbocycles. The Morgan fingerprint density at radius 3 is 2.85 bits per heavy atom. The van der Waals surface area contributed by atoms with Gasteiger partial charge in [-0.1, -0.05) is 37.6 Å². The average Bonchev–Trinajstić information content (AvgIpc) is 2.92. The number of benzene rings is 2. The number of hydrogen-bond acceptors (Lipinski definition) is 2. The molecule has 3 rings (SSSR count). The molecule has 0 atom stereocenters. The lowest BCUT2D eigenvalue weighted by Gasteiger charge is -2.02. The summed E-state index contributed by atoms with van der Waals surface area (Å²) < 4.78 is 0. The van der Waals surface area contributed by atoms with Gasteiger partial charge in [-0.25, -0.2) is 4.98 Å². The van der Waals surface area contributed by atoms with E-state index in [1.807, 2.05) is 30.0 Å². The smallest absolute Gasteiger partial charge is 0.138 e. The van der Waals surface area contributed by atoms with Gasteiger partial charge in [0.05, 0.1) is 11.0 Å². The molecule has 0 radical (unpaired) electrons. The van der Waals surface area contributed by atoms with Gasteiger partial charge in [-0.15, -0.1) is 11.8 Å². The summed E-state index contributed by atoms with van der Waals surface area (Å²) in [7, 11) is 0. The molecule has 1 N–H and O–H groups in total. The molecule has 3 aromatic rings. The zero-order valence-electron chi connectivity index (χ0n) is 11.6. The second kappa shape index (κ2) is 6.14. The van der Waals surface area contributed by atoms with Crippen LogP contribution in [-0.4, -0.2) is 15.7 Å². The van der Waals surface area contributed by atoms with Crippen LogP contribution in [0, 0.1) is 0 Å². The molecule has 0 saturated heterocycles. The third kappa shape index (κ3) is 2.88. The van der Waals surface area contributed by atoms with E-state index in [0.29, 0.717) is 0 Å². The van der Waals surface area contributed by atoms with Gasteiger partial charge in [0.15, 0.2) is 0 Å². The summed E-state index contributed by atoms with van der Waals surface area (Å²) in [5, 5.41) is 0. The van der Waals surface area contributed by atoms with Crippen LogP contribution < -0.4 is 0 Å². The number of hydrogen-bond donors (Lipinski definition) is 1. The molecule has 1 heterocycles. The number of nitrogens with zero attached hydrogens (tertiary/aromatic N) is 1. The second-order valence-corrected chi connectivity index (χ2v) is 6.00. The van der Waals surface area contributed by atoms with Crippen LogP contribution in [0.1, 0.15) is 19.8 Å². The molecule has 0 spiro atoms. The van der Waals surface area contributed by atoms with Crippen molar-refractivity contribution in [3.05, 3.63) is 48.5 Å². The Morgan fingerprint density at radius 2 is 2.00 bits per heavy atom. The number of thioether (sulfide) groups is 1. The summed E-state index contributed by atoms with van der Waals surface area (Å²) in [4.78, 5) is 9.36. The van der Waals surface area contributed by atoms with E-state index < -0.39 is 0 Å². The Hall–Kier alpha value is -1.74. The number of aromatic nitrogens is 2. The maximum absolute atomic E-state index is 4.66. The van der Waals surface area contributed by atoms with Crippen molar-refractivity contribution in [3.63, 3.8) is 0 Å². The molecular weight excluding hydrogens is 264 g/mol. The van der Waals surface area contributed by atoms with E-state index in [-0.39, 0.29) is 0 Å². The molecule has 0 bridgehead atoms. The minimum atomic E-state index is 0.948. The fourth-order valence-corrected chi connectivity index (χ4v) is 3.21. The molecule has 0 unspecified atom stereocenters. The van der Waals surface area contributed by atoms with Crippen molar-refractivity contribution in [2.75, 3.05) is 5.75 Å². The molecule has 1 aromatic heterocycles. The first-order chi connectivity index (χ1) is 9.86. The summed E-state index contributed by atoms with van der Waals surface area (Å²) in [5.41, 5.74) is 3.26. The van der Waals surface area contributed by atoms with Crippen molar-refractivity contribution in [2.24, 2.45) is 0 Å². The van der Waals surface area contributed by atoms with Crippen molar-refractivity contribution in [1.82, 2.24) is 9.97 Å². The van der Waals surface area contributed by atoms with Crippen LogP contribution in [0.5, 0.6) is 0 Å². The molecular formula is C17H18N2S. The van der Waals surface area contributed by atoms with Crippen LogP contribution in [0.4, 0.5) is 0 Å². The molecule has 102 valence electrons. The van der Waals surface area contributed by atoms with Gasteiger partial charge in [-0.3, -0.25) is 0 Å². The van der Waals surface area contributed by atoms with Crippen LogP contribution >= 0.6 is 11.8 Å². The van der Waals surface area contributed by atoms with E-state index in [2.05, 4.69) is 47.2 Å². The van der Waals surface area contributed by atoms with Crippen LogP contribution in [0.15, 0.2) is 53.4 Å². The number of imidazole rings is 1. The van der Waals surface area contributed by atoms with Crippen molar-refractivity contribution >= 4 is 22.8 Å². The number of fused-ring (bicyclic) bond motifs is 1. The Morgan fingerprint density at radius 1 is 1.10 bits per heavy atom. The topological polar surface area (TPSA) is 28.7 Å². The van der Waals surface area contributed by atoms with Crippen molar-refractivity contribution in [3.8, 4) is 11.4 Å². The summed E-state index contributed by atoms with van der Waals surface area (Å²) in [6.45, 7) is 2.23. The predicted octanol–water partition coefficient (Wildman–Crippen LogP) is 5.12. The lowest BCUT2D eigenvalue weighted by molar-refractivity contribution is 0.896. The summed E-state index contributed by atoms with van der Waals surface area (Å²) in [6, 6.07) is 16.8. The molecule has 20 heavy (non-hydrogen) atoms. The van der Waals surface area contributed by atoms with Gasteiger partial charge in [-0.2, -0.15) is 0 Å². The van der Waals surface area contributed by atoms with Crippen molar-refractivity contribution in [1.29, 1.82) is 0 Å². The molecule has 2 nitrogen and oxygen atoms in total. The van der Waals surface area contributed by atoms with E-state index >= 15 is 0 Å². The molecule has 3 heteroatoms. The van der Waals surface area contributed by atoms with Gasteiger partial charge in [0, 0.05) is 10.5 Å². The maximum Gasteiger partial charge on any atom is 0.138 e. The molecule has 0 fully saturated rings. The quantitative estimate of drug-likeness (QED) is 0.519. The maximum atomic E-state index is 4.66. The normalized spacial score (nSPS) is 11.1. The SMILES string of the molecule is CCCCSc1cccc(-c2nc3ccccc3[nH]2)c1. The highest BCUT2D eigenvalue weighted by atomic mass is 32.2. The van der Waals surface area contributed by atoms with Crippen LogP contribution in [0.2, 0.25) is 0 Å². The third-order valence-corrected chi connectivity index (χ3v) is 4.34. The fourth-order valence-electron chi connectivity index (χ4n) is 2.16. The van der Waals surface area contributed by atoms with E-state index in [0.717, 1.165) is 22.4 Å². The number of para-hydroxylation sites is 2. The van der Waals surface area contributed by atoms with Crippen molar-refractivity contribution in [2.45, 2.75) is 24.7 Å². The minimum Gasteiger partial charge on any atom is -0.338 e. The van der Waals surface area contributed by atoms with E-state index in [4.69, 9.17) is 0 Å². The highest BCUT2D eigenvalue weighted by molar-refractivity contribution is 7.99. The van der Waals surface area contributed by atoms with Crippen LogP contribution in [0.25, 0.3) is 22.4 Å². The van der Waals surface area contributed by atoms with Crippen molar-refractivity contribution < 1.29 is 0 Å². The highest BCUT2D eigenvalue weighted by Crippen LogP contribution is 2.26. The number of rotatable bonds is 5. The Kier molecular flexibility index (Phi) is 4.07. The first kappa shape index (κ1) is 13.3. The highest BCUT2D eigenvalue weighted by Gasteiger charge is 2.05. The molecule has 0 amide bonds. The molecule has 0 saturated carbocycles. The summed E-state index contributed by atoms with van der Waals surface area (Å²) in [6.07, 6.45) is 2.51. The Balaban J connectivity index is 1.87. The molecule has 0 aliphatic rings. The summed E-state index contributed by atoms with van der Waals surface area (Å²) >= 11 is 1.92. The van der Waals surface area contributed by atoms with Gasteiger partial charge in [-0.05, 0) is 36.4 Å². The first-order valence-electron chi connectivity index (χ1n) is 7.05. The predicted molar refractivity (Wildman–Crippen MR) is 87.2 cm³/mol. The Bertz CT molecular complexity index is 670. The Labute approximate surface area is 123 Å². The number of unbranched alkanes of at least 4 members (excludes halogenated alkanes) is 1. The minimum absolute atomic E-state index is 0.948. The number of aromatic amines is 1. The first-order valence-corrected chi connectivity index (χ1v) is 8.03. The van der Waals surface area contributed by atoms with Gasteiger partial charge in [0.25, 0.3) is 0 Å². The van der Waals surface area contributed by atoms with Crippen LogP contribution in [0.3, 0.4) is 0 Å². The van der Waals surface area contributed by atoms with E-state index in [1.54, 1.807) is 0 Å². The van der Waals surface area contributed by atoms with Gasteiger partial charge in [0.1, 0.15) is 5.82 Å². The van der Waals surface area contributed by atoms with Gasteiger partial charge < -0.3 is 4.98 Å². The zero-order chi connectivity index (χ0) is 13.8. The molecule has 0 aliphatic heterocycles. The number of nitrogens with one attached hydrogen (secondary N) is 1.